The van der Waals surface area contributed by atoms with Crippen LogP contribution in [0.1, 0.15) is 27.0 Å². The lowest BCUT2D eigenvalue weighted by Gasteiger charge is -2.12. The van der Waals surface area contributed by atoms with Gasteiger partial charge in [-0.3, -0.25) is 14.5 Å². The van der Waals surface area contributed by atoms with E-state index in [9.17, 15) is 13.2 Å². The number of rotatable bonds is 7. The van der Waals surface area contributed by atoms with Crippen LogP contribution in [0.2, 0.25) is 5.02 Å². The van der Waals surface area contributed by atoms with Crippen molar-refractivity contribution in [3.63, 3.8) is 0 Å². The maximum Gasteiger partial charge on any atom is 0.261 e. The number of hydrogen-bond acceptors (Lipinski definition) is 4. The van der Waals surface area contributed by atoms with Crippen LogP contribution < -0.4 is 10.0 Å². The summed E-state index contributed by atoms with van der Waals surface area (Å²) in [6, 6.07) is 22.3. The van der Waals surface area contributed by atoms with Gasteiger partial charge in [0.05, 0.1) is 15.5 Å². The van der Waals surface area contributed by atoms with Crippen LogP contribution in [0.3, 0.4) is 0 Å². The zero-order chi connectivity index (χ0) is 24.1. The molecule has 0 saturated heterocycles. The second-order valence-corrected chi connectivity index (χ2v) is 9.89. The van der Waals surface area contributed by atoms with Gasteiger partial charge in [-0.25, -0.2) is 8.42 Å². The summed E-state index contributed by atoms with van der Waals surface area (Å²) < 4.78 is 27.9. The zero-order valence-electron chi connectivity index (χ0n) is 18.3. The van der Waals surface area contributed by atoms with E-state index >= 15 is 0 Å². The van der Waals surface area contributed by atoms with E-state index in [1.54, 1.807) is 24.5 Å². The molecule has 0 spiro atoms. The number of halogens is 1. The van der Waals surface area contributed by atoms with Gasteiger partial charge in [-0.1, -0.05) is 41.4 Å². The number of hydrogen-bond donors (Lipinski definition) is 2. The summed E-state index contributed by atoms with van der Waals surface area (Å²) in [6.45, 7) is 1.88. The van der Waals surface area contributed by atoms with E-state index in [4.69, 9.17) is 11.6 Å². The molecule has 0 bridgehead atoms. The molecule has 1 amide bonds. The summed E-state index contributed by atoms with van der Waals surface area (Å²) >= 11 is 6.24. The first kappa shape index (κ1) is 23.5. The van der Waals surface area contributed by atoms with Crippen LogP contribution in [0.5, 0.6) is 0 Å². The first-order valence-corrected chi connectivity index (χ1v) is 12.3. The molecular formula is C26H22ClN3O3S. The Morgan fingerprint density at radius 3 is 2.15 bits per heavy atom. The Morgan fingerprint density at radius 1 is 0.853 bits per heavy atom. The van der Waals surface area contributed by atoms with Crippen molar-refractivity contribution < 1.29 is 13.2 Å². The number of carbonyl (C=O) groups excluding carboxylic acids is 1. The molecular weight excluding hydrogens is 470 g/mol. The van der Waals surface area contributed by atoms with Crippen LogP contribution in [0.15, 0.2) is 96.2 Å². The Bertz CT molecular complexity index is 1410. The molecule has 0 aliphatic rings. The fourth-order valence-electron chi connectivity index (χ4n) is 3.33. The Labute approximate surface area is 203 Å². The predicted octanol–water partition coefficient (Wildman–Crippen LogP) is 5.69. The molecule has 0 saturated carbocycles. The molecule has 0 fully saturated rings. The molecule has 1 heterocycles. The van der Waals surface area contributed by atoms with Gasteiger partial charge in [0.1, 0.15) is 0 Å². The van der Waals surface area contributed by atoms with Gasteiger partial charge in [0, 0.05) is 23.8 Å². The quantitative estimate of drug-likeness (QED) is 0.347. The van der Waals surface area contributed by atoms with Crippen LogP contribution >= 0.6 is 11.6 Å². The summed E-state index contributed by atoms with van der Waals surface area (Å²) in [7, 11) is -3.80. The molecule has 1 aromatic heterocycles. The van der Waals surface area contributed by atoms with E-state index in [2.05, 4.69) is 15.0 Å². The summed E-state index contributed by atoms with van der Waals surface area (Å²) in [6.07, 6.45) is 4.26. The maximum absolute atomic E-state index is 12.9. The third-order valence-corrected chi connectivity index (χ3v) is 6.89. The molecule has 0 aliphatic carbocycles. The van der Waals surface area contributed by atoms with Crippen molar-refractivity contribution in [2.45, 2.75) is 18.2 Å². The van der Waals surface area contributed by atoms with Gasteiger partial charge < -0.3 is 5.32 Å². The number of aryl methyl sites for hydroxylation is 1. The summed E-state index contributed by atoms with van der Waals surface area (Å²) in [5, 5.41) is 3.02. The highest BCUT2D eigenvalue weighted by atomic mass is 35.5. The highest BCUT2D eigenvalue weighted by Gasteiger charge is 2.17. The molecule has 4 rings (SSSR count). The van der Waals surface area contributed by atoms with E-state index in [1.165, 1.54) is 30.3 Å². The number of nitrogens with zero attached hydrogens (tertiary/aromatic N) is 1. The maximum atomic E-state index is 12.9. The van der Waals surface area contributed by atoms with E-state index < -0.39 is 15.9 Å². The second-order valence-electron chi connectivity index (χ2n) is 7.80. The van der Waals surface area contributed by atoms with Crippen LogP contribution in [-0.2, 0) is 16.4 Å². The molecule has 4 aromatic rings. The molecule has 0 unspecified atom stereocenters. The first-order valence-electron chi connectivity index (χ1n) is 10.5. The number of amides is 1. The fourth-order valence-corrected chi connectivity index (χ4v) is 4.59. The van der Waals surface area contributed by atoms with Crippen molar-refractivity contribution in [3.8, 4) is 0 Å². The number of nitrogens with one attached hydrogen (secondary N) is 2. The minimum absolute atomic E-state index is 0.130. The molecule has 172 valence electrons. The monoisotopic (exact) mass is 491 g/mol. The van der Waals surface area contributed by atoms with Gasteiger partial charge in [-0.15, -0.1) is 0 Å². The summed E-state index contributed by atoms with van der Waals surface area (Å²) in [4.78, 5) is 17.0. The van der Waals surface area contributed by atoms with Crippen molar-refractivity contribution >= 4 is 38.9 Å². The standard InChI is InChI=1S/C26H22ClN3O3S/c1-18-2-9-23(10-3-18)34(32,33)30-22-8-11-25(27)24(17-22)26(31)29-21-6-4-19(5-7-21)16-20-12-14-28-15-13-20/h2-15,17,30H,16H2,1H3,(H,29,31). The lowest BCUT2D eigenvalue weighted by molar-refractivity contribution is 0.102. The lowest BCUT2D eigenvalue weighted by Crippen LogP contribution is -2.15. The third kappa shape index (κ3) is 5.81. The average Bonchev–Trinajstić information content (AvgIpc) is 2.82. The molecule has 0 aliphatic heterocycles. The number of aromatic nitrogens is 1. The predicted molar refractivity (Wildman–Crippen MR) is 135 cm³/mol. The lowest BCUT2D eigenvalue weighted by atomic mass is 10.1. The van der Waals surface area contributed by atoms with E-state index in [0.29, 0.717) is 5.69 Å². The summed E-state index contributed by atoms with van der Waals surface area (Å²) in [5.74, 6) is -0.441. The molecule has 0 atom stereocenters. The smallest absolute Gasteiger partial charge is 0.261 e. The van der Waals surface area contributed by atoms with Crippen molar-refractivity contribution in [1.29, 1.82) is 0 Å². The van der Waals surface area contributed by atoms with Gasteiger partial charge in [-0.2, -0.15) is 0 Å². The summed E-state index contributed by atoms with van der Waals surface area (Å²) in [5.41, 5.74) is 4.19. The molecule has 34 heavy (non-hydrogen) atoms. The Morgan fingerprint density at radius 2 is 1.47 bits per heavy atom. The molecule has 2 N–H and O–H groups in total. The van der Waals surface area contributed by atoms with E-state index in [-0.39, 0.29) is 21.2 Å². The Hall–Kier alpha value is -3.68. The zero-order valence-corrected chi connectivity index (χ0v) is 19.9. The van der Waals surface area contributed by atoms with E-state index in [1.807, 2.05) is 43.3 Å². The Balaban J connectivity index is 1.47. The van der Waals surface area contributed by atoms with Crippen LogP contribution in [0, 0.1) is 6.92 Å². The second kappa shape index (κ2) is 10.1. The number of carbonyl (C=O) groups is 1. The molecule has 0 radical (unpaired) electrons. The van der Waals surface area contributed by atoms with Gasteiger partial charge in [0.2, 0.25) is 0 Å². The molecule has 8 heteroatoms. The van der Waals surface area contributed by atoms with Crippen molar-refractivity contribution in [2.24, 2.45) is 0 Å². The number of sulfonamides is 1. The van der Waals surface area contributed by atoms with E-state index in [0.717, 1.165) is 23.1 Å². The fraction of sp³-hybridized carbons (Fsp3) is 0.0769. The van der Waals surface area contributed by atoms with Gasteiger partial charge >= 0.3 is 0 Å². The van der Waals surface area contributed by atoms with Crippen molar-refractivity contribution in [1.82, 2.24) is 4.98 Å². The van der Waals surface area contributed by atoms with Gasteiger partial charge in [-0.05, 0) is 79.1 Å². The van der Waals surface area contributed by atoms with Crippen molar-refractivity contribution in [2.75, 3.05) is 10.0 Å². The minimum Gasteiger partial charge on any atom is -0.322 e. The number of anilines is 2. The van der Waals surface area contributed by atoms with Crippen LogP contribution in [0.4, 0.5) is 11.4 Å². The van der Waals surface area contributed by atoms with Gasteiger partial charge in [0.25, 0.3) is 15.9 Å². The SMILES string of the molecule is Cc1ccc(S(=O)(=O)Nc2ccc(Cl)c(C(=O)Nc3ccc(Cc4ccncc4)cc3)c2)cc1. The van der Waals surface area contributed by atoms with Crippen LogP contribution in [-0.4, -0.2) is 19.3 Å². The topological polar surface area (TPSA) is 88.2 Å². The largest absolute Gasteiger partial charge is 0.322 e. The first-order chi connectivity index (χ1) is 16.3. The average molecular weight is 492 g/mol. The minimum atomic E-state index is -3.80. The Kier molecular flexibility index (Phi) is 6.95. The molecule has 6 nitrogen and oxygen atoms in total. The molecule has 3 aromatic carbocycles. The van der Waals surface area contributed by atoms with Gasteiger partial charge in [0.15, 0.2) is 0 Å². The highest BCUT2D eigenvalue weighted by Crippen LogP contribution is 2.24. The van der Waals surface area contributed by atoms with Crippen LogP contribution in [0.25, 0.3) is 0 Å². The number of pyridine rings is 1. The third-order valence-electron chi connectivity index (χ3n) is 5.16. The normalized spacial score (nSPS) is 11.1. The van der Waals surface area contributed by atoms with Crippen molar-refractivity contribution in [3.05, 3.63) is 119 Å². The highest BCUT2D eigenvalue weighted by molar-refractivity contribution is 7.92. The number of benzene rings is 3.